The number of nitrogens with zero attached hydrogens (tertiary/aromatic N) is 6. The number of rotatable bonds is 7. The van der Waals surface area contributed by atoms with Crippen molar-refractivity contribution in [3.63, 3.8) is 0 Å². The van der Waals surface area contributed by atoms with Crippen molar-refractivity contribution >= 4 is 23.2 Å². The van der Waals surface area contributed by atoms with Crippen LogP contribution in [0.2, 0.25) is 5.02 Å². The first-order valence-electron chi connectivity index (χ1n) is 14.2. The summed E-state index contributed by atoms with van der Waals surface area (Å²) in [6, 6.07) is 1.23. The molecule has 2 atom stereocenters. The number of piperidine rings is 1. The van der Waals surface area contributed by atoms with Gasteiger partial charge >= 0.3 is 6.01 Å². The van der Waals surface area contributed by atoms with Crippen molar-refractivity contribution in [1.82, 2.24) is 25.0 Å². The molecule has 1 N–H and O–H groups in total. The highest BCUT2D eigenvalue weighted by Gasteiger charge is 2.43. The van der Waals surface area contributed by atoms with Crippen LogP contribution in [-0.2, 0) is 0 Å². The number of methoxy groups -OCH3 is 1. The molecule has 5 rings (SSSR count). The van der Waals surface area contributed by atoms with E-state index in [1.54, 1.807) is 6.20 Å². The molecule has 3 aromatic rings. The molecule has 1 saturated heterocycles. The number of nitrogens with one attached hydrogen (secondary N) is 1. The van der Waals surface area contributed by atoms with Crippen LogP contribution in [-0.4, -0.2) is 51.2 Å². The smallest absolute Gasteiger partial charge is 0.322 e. The predicted octanol–water partition coefficient (Wildman–Crippen LogP) is 4.57. The van der Waals surface area contributed by atoms with Gasteiger partial charge in [0.1, 0.15) is 11.6 Å². The first-order chi connectivity index (χ1) is 19.2. The number of halogens is 2. The number of fused-ring (bicyclic) bond motifs is 2. The summed E-state index contributed by atoms with van der Waals surface area (Å²) in [6.07, 6.45) is 3.47. The van der Waals surface area contributed by atoms with E-state index in [0.717, 1.165) is 30.7 Å². The molecule has 0 amide bonds. The van der Waals surface area contributed by atoms with E-state index in [4.69, 9.17) is 30.7 Å². The molecule has 1 aliphatic heterocycles. The lowest BCUT2D eigenvalue weighted by Gasteiger charge is -2.39. The molecule has 2 aliphatic rings. The van der Waals surface area contributed by atoms with E-state index in [9.17, 15) is 4.39 Å². The highest BCUT2D eigenvalue weighted by molar-refractivity contribution is 6.30. The Morgan fingerprint density at radius 2 is 2.06 bits per heavy atom. The quantitative estimate of drug-likeness (QED) is 0.511. The molecule has 1 aromatic carbocycles. The van der Waals surface area contributed by atoms with E-state index in [0.29, 0.717) is 23.7 Å². The molecule has 0 radical (unpaired) electrons. The predicted molar refractivity (Wildman–Crippen MR) is 126 cm³/mol. The van der Waals surface area contributed by atoms with Crippen molar-refractivity contribution in [3.05, 3.63) is 41.3 Å². The van der Waals surface area contributed by atoms with Crippen LogP contribution < -0.4 is 19.7 Å². The maximum Gasteiger partial charge on any atom is 0.322 e. The average molecular weight is 495 g/mol. The van der Waals surface area contributed by atoms with Gasteiger partial charge in [0, 0.05) is 39.5 Å². The summed E-state index contributed by atoms with van der Waals surface area (Å²) in [7, 11) is 1.52. The number of hydrogen-bond acceptors (Lipinski definition) is 8. The maximum absolute atomic E-state index is 13.7. The first kappa shape index (κ1) is 15.7. The molecule has 2 bridgehead atoms. The molecular formula is C23H27ClFN7O2. The highest BCUT2D eigenvalue weighted by Crippen LogP contribution is 2.40. The Kier molecular flexibility index (Phi) is 4.27. The fraction of sp³-hybridized carbons (Fsp3) is 0.478. The van der Waals surface area contributed by atoms with Crippen LogP contribution >= 0.6 is 11.6 Å². The first-order valence-corrected chi connectivity index (χ1v) is 11.1. The van der Waals surface area contributed by atoms with Gasteiger partial charge in [0.05, 0.1) is 31.4 Å². The SMILES string of the molecule is [2H]C([2H])([2H])C([2H])(n1nc(NC2C3CCC2CN(c2cnnc(OC)c2)C3)nc1Oc1ccc(F)c(Cl)c1)C([2H])([2H])[2H]. The summed E-state index contributed by atoms with van der Waals surface area (Å²) in [5.41, 5.74) is 0.873. The van der Waals surface area contributed by atoms with E-state index in [1.807, 2.05) is 6.07 Å². The van der Waals surface area contributed by atoms with E-state index >= 15 is 0 Å². The fourth-order valence-electron chi connectivity index (χ4n) is 4.64. The van der Waals surface area contributed by atoms with Gasteiger partial charge in [0.25, 0.3) is 0 Å². The van der Waals surface area contributed by atoms with Gasteiger partial charge in [0.15, 0.2) is 0 Å². The Hall–Kier alpha value is -3.14. The summed E-state index contributed by atoms with van der Waals surface area (Å²) in [6.45, 7) is -5.36. The van der Waals surface area contributed by atoms with Crippen molar-refractivity contribution in [1.29, 1.82) is 0 Å². The minimum absolute atomic E-state index is 0.0511. The van der Waals surface area contributed by atoms with Gasteiger partial charge in [-0.25, -0.2) is 9.07 Å². The van der Waals surface area contributed by atoms with Crippen LogP contribution in [0.5, 0.6) is 17.6 Å². The van der Waals surface area contributed by atoms with Gasteiger partial charge in [-0.3, -0.25) is 0 Å². The maximum atomic E-state index is 13.7. The molecule has 34 heavy (non-hydrogen) atoms. The normalized spacial score (nSPS) is 25.8. The van der Waals surface area contributed by atoms with Crippen LogP contribution in [0.4, 0.5) is 16.0 Å². The molecule has 2 fully saturated rings. The van der Waals surface area contributed by atoms with E-state index in [-0.39, 0.29) is 34.6 Å². The second kappa shape index (κ2) is 9.25. The van der Waals surface area contributed by atoms with E-state index in [1.165, 1.54) is 13.2 Å². The Labute approximate surface area is 212 Å². The summed E-state index contributed by atoms with van der Waals surface area (Å²) in [4.78, 5) is 6.44. The van der Waals surface area contributed by atoms with E-state index < -0.39 is 31.5 Å². The molecule has 0 spiro atoms. The zero-order valence-electron chi connectivity index (χ0n) is 25.2. The Bertz CT molecular complexity index is 1400. The molecule has 2 unspecified atom stereocenters. The highest BCUT2D eigenvalue weighted by atomic mass is 35.5. The van der Waals surface area contributed by atoms with Crippen LogP contribution in [0.1, 0.15) is 42.2 Å². The lowest BCUT2D eigenvalue weighted by Crippen LogP contribution is -2.48. The Morgan fingerprint density at radius 3 is 2.76 bits per heavy atom. The molecule has 2 aromatic heterocycles. The number of aromatic nitrogens is 5. The fourth-order valence-corrected chi connectivity index (χ4v) is 4.82. The molecule has 1 saturated carbocycles. The third-order valence-corrected chi connectivity index (χ3v) is 6.50. The molecule has 9 nitrogen and oxygen atoms in total. The van der Waals surface area contributed by atoms with Gasteiger partial charge < -0.3 is 19.7 Å². The number of hydrogen-bond donors (Lipinski definition) is 1. The van der Waals surface area contributed by atoms with Crippen LogP contribution in [0.25, 0.3) is 0 Å². The monoisotopic (exact) mass is 494 g/mol. The topological polar surface area (TPSA) is 90.2 Å². The molecule has 3 heterocycles. The number of benzene rings is 1. The lowest BCUT2D eigenvalue weighted by atomic mass is 9.92. The van der Waals surface area contributed by atoms with Crippen LogP contribution in [0, 0.1) is 17.7 Å². The standard InChI is InChI=1S/C23H27ClFN7O2/c1-13(2)32-23(34-17-6-7-19(25)18(24)9-17)28-22(30-32)27-21-14-4-5-15(21)12-31(11-14)16-8-20(33-3)29-26-10-16/h6-10,13-15,21H,4-5,11-12H2,1-3H3,(H,27,30)/i1D3,2D3,13D. The average Bonchev–Trinajstić information content (AvgIpc) is 3.39. The van der Waals surface area contributed by atoms with Gasteiger partial charge in [-0.2, -0.15) is 10.1 Å². The molecular weight excluding hydrogens is 461 g/mol. The summed E-state index contributed by atoms with van der Waals surface area (Å²) in [5.74, 6) is -0.171. The van der Waals surface area contributed by atoms with Crippen LogP contribution in [0.15, 0.2) is 30.5 Å². The van der Waals surface area contributed by atoms with Crippen LogP contribution in [0.3, 0.4) is 0 Å². The Balaban J connectivity index is 1.46. The molecule has 180 valence electrons. The van der Waals surface area contributed by atoms with Crippen molar-refractivity contribution < 1.29 is 23.5 Å². The third-order valence-electron chi connectivity index (χ3n) is 6.21. The van der Waals surface area contributed by atoms with E-state index in [2.05, 4.69) is 30.5 Å². The Morgan fingerprint density at radius 1 is 1.26 bits per heavy atom. The summed E-state index contributed by atoms with van der Waals surface area (Å²) >= 11 is 5.86. The number of ether oxygens (including phenoxy) is 2. The summed E-state index contributed by atoms with van der Waals surface area (Å²) < 4.78 is 81.1. The largest absolute Gasteiger partial charge is 0.480 e. The molecule has 11 heteroatoms. The summed E-state index contributed by atoms with van der Waals surface area (Å²) in [5, 5.41) is 15.0. The number of anilines is 2. The second-order valence-electron chi connectivity index (χ2n) is 8.29. The van der Waals surface area contributed by atoms with Crippen molar-refractivity contribution in [2.24, 2.45) is 11.8 Å². The minimum atomic E-state index is -3.36. The van der Waals surface area contributed by atoms with Gasteiger partial charge in [-0.05, 0) is 50.5 Å². The lowest BCUT2D eigenvalue weighted by molar-refractivity contribution is 0.372. The van der Waals surface area contributed by atoms with Crippen molar-refractivity contribution in [3.8, 4) is 17.6 Å². The third kappa shape index (κ3) is 4.46. The van der Waals surface area contributed by atoms with Gasteiger partial charge in [-0.1, -0.05) is 11.6 Å². The second-order valence-corrected chi connectivity index (χ2v) is 8.69. The zero-order chi connectivity index (χ0) is 29.7. The zero-order valence-corrected chi connectivity index (χ0v) is 19.0. The minimum Gasteiger partial charge on any atom is -0.480 e. The van der Waals surface area contributed by atoms with Crippen molar-refractivity contribution in [2.75, 3.05) is 30.4 Å². The molecule has 1 aliphatic carbocycles. The van der Waals surface area contributed by atoms with Gasteiger partial charge in [-0.15, -0.1) is 10.2 Å². The van der Waals surface area contributed by atoms with Crippen molar-refractivity contribution in [2.45, 2.75) is 38.6 Å². The van der Waals surface area contributed by atoms with Gasteiger partial charge in [0.2, 0.25) is 11.8 Å².